The number of aromatic nitrogens is 4. The molecule has 172 valence electrons. The molecule has 1 aliphatic rings. The number of fused-ring (bicyclic) bond motifs is 1. The van der Waals surface area contributed by atoms with Gasteiger partial charge in [0.25, 0.3) is 0 Å². The van der Waals surface area contributed by atoms with Gasteiger partial charge in [0.1, 0.15) is 12.3 Å². The number of methoxy groups -OCH3 is 1. The van der Waals surface area contributed by atoms with Gasteiger partial charge in [-0.2, -0.15) is 9.97 Å². The SMILES string of the molecule is CCOC(=O)C(C)NP(N)(=O)OCC1CC(C)C(n2cnc3c(OC)nc(N)nc32)O1. The number of ether oxygens (including phenoxy) is 3. The van der Waals surface area contributed by atoms with Crippen molar-refractivity contribution in [2.45, 2.75) is 45.6 Å². The summed E-state index contributed by atoms with van der Waals surface area (Å²) in [5.74, 6) is -0.164. The number of nitrogens with two attached hydrogens (primary N) is 2. The Labute approximate surface area is 179 Å². The van der Waals surface area contributed by atoms with Crippen molar-refractivity contribution < 1.29 is 28.1 Å². The van der Waals surface area contributed by atoms with Gasteiger partial charge in [-0.05, 0) is 20.3 Å². The lowest BCUT2D eigenvalue weighted by Crippen LogP contribution is -2.36. The minimum absolute atomic E-state index is 0.0236. The summed E-state index contributed by atoms with van der Waals surface area (Å²) < 4.78 is 35.8. The van der Waals surface area contributed by atoms with Crippen LogP contribution in [0, 0.1) is 5.92 Å². The molecule has 0 aromatic carbocycles. The molecule has 3 heterocycles. The summed E-state index contributed by atoms with van der Waals surface area (Å²) in [5, 5.41) is 2.48. The Morgan fingerprint density at radius 3 is 2.90 bits per heavy atom. The zero-order valence-corrected chi connectivity index (χ0v) is 18.7. The average Bonchev–Trinajstić information content (AvgIpc) is 3.28. The highest BCUT2D eigenvalue weighted by Gasteiger charge is 2.36. The van der Waals surface area contributed by atoms with Gasteiger partial charge in [-0.3, -0.25) is 13.9 Å². The molecule has 1 saturated heterocycles. The van der Waals surface area contributed by atoms with Crippen LogP contribution in [0.3, 0.4) is 0 Å². The lowest BCUT2D eigenvalue weighted by atomic mass is 10.1. The van der Waals surface area contributed by atoms with Crippen molar-refractivity contribution in [1.82, 2.24) is 24.6 Å². The number of rotatable bonds is 9. The van der Waals surface area contributed by atoms with Crippen molar-refractivity contribution in [2.24, 2.45) is 11.4 Å². The van der Waals surface area contributed by atoms with Crippen molar-refractivity contribution in [3.05, 3.63) is 6.33 Å². The van der Waals surface area contributed by atoms with Crippen LogP contribution in [0.5, 0.6) is 5.88 Å². The molecule has 0 spiro atoms. The van der Waals surface area contributed by atoms with Crippen molar-refractivity contribution >= 4 is 30.8 Å². The van der Waals surface area contributed by atoms with Gasteiger partial charge in [0, 0.05) is 5.92 Å². The Balaban J connectivity index is 1.65. The van der Waals surface area contributed by atoms with Crippen LogP contribution >= 0.6 is 7.67 Å². The molecular weight excluding hydrogens is 429 g/mol. The smallest absolute Gasteiger partial charge is 0.338 e. The summed E-state index contributed by atoms with van der Waals surface area (Å²) in [7, 11) is -2.26. The van der Waals surface area contributed by atoms with Crippen LogP contribution in [0.4, 0.5) is 5.95 Å². The molecule has 1 aliphatic heterocycles. The normalized spacial score (nSPS) is 24.1. The van der Waals surface area contributed by atoms with Crippen LogP contribution in [-0.2, 0) is 23.4 Å². The lowest BCUT2D eigenvalue weighted by Gasteiger charge is -2.21. The molecule has 13 nitrogen and oxygen atoms in total. The fourth-order valence-corrected chi connectivity index (χ4v) is 4.53. The Hall–Kier alpha value is -2.31. The average molecular weight is 457 g/mol. The first-order valence-corrected chi connectivity index (χ1v) is 11.5. The summed E-state index contributed by atoms with van der Waals surface area (Å²) >= 11 is 0. The van der Waals surface area contributed by atoms with Crippen LogP contribution in [0.1, 0.15) is 33.4 Å². The predicted octanol–water partition coefficient (Wildman–Crippen LogP) is 0.965. The zero-order chi connectivity index (χ0) is 22.8. The molecule has 0 aliphatic carbocycles. The molecule has 14 heteroatoms. The van der Waals surface area contributed by atoms with E-state index in [1.54, 1.807) is 17.8 Å². The maximum absolute atomic E-state index is 12.5. The number of hydrogen-bond acceptors (Lipinski definition) is 10. The molecule has 31 heavy (non-hydrogen) atoms. The summed E-state index contributed by atoms with van der Waals surface area (Å²) in [6.45, 7) is 5.36. The van der Waals surface area contributed by atoms with Gasteiger partial charge >= 0.3 is 13.6 Å². The van der Waals surface area contributed by atoms with E-state index in [4.69, 9.17) is 30.0 Å². The van der Waals surface area contributed by atoms with Gasteiger partial charge in [-0.15, -0.1) is 0 Å². The second-order valence-electron chi connectivity index (χ2n) is 7.27. The molecule has 1 fully saturated rings. The van der Waals surface area contributed by atoms with Gasteiger partial charge in [-0.25, -0.2) is 15.6 Å². The van der Waals surface area contributed by atoms with Crippen molar-refractivity contribution in [3.8, 4) is 5.88 Å². The van der Waals surface area contributed by atoms with Crippen LogP contribution in [0.15, 0.2) is 6.33 Å². The number of carbonyl (C=O) groups is 1. The molecule has 0 bridgehead atoms. The monoisotopic (exact) mass is 457 g/mol. The van der Waals surface area contributed by atoms with Gasteiger partial charge in [0.05, 0.1) is 32.8 Å². The lowest BCUT2D eigenvalue weighted by molar-refractivity contribution is -0.144. The summed E-state index contributed by atoms with van der Waals surface area (Å²) in [4.78, 5) is 24.3. The Kier molecular flexibility index (Phi) is 7.12. The van der Waals surface area contributed by atoms with E-state index in [-0.39, 0.29) is 37.1 Å². The molecule has 0 amide bonds. The van der Waals surface area contributed by atoms with Crippen molar-refractivity contribution in [2.75, 3.05) is 26.1 Å². The molecule has 2 aromatic heterocycles. The van der Waals surface area contributed by atoms with Crippen LogP contribution in [0.25, 0.3) is 11.2 Å². The van der Waals surface area contributed by atoms with Crippen LogP contribution in [0.2, 0.25) is 0 Å². The number of anilines is 1. The fraction of sp³-hybridized carbons (Fsp3) is 0.647. The number of carbonyl (C=O) groups excluding carboxylic acids is 1. The van der Waals surface area contributed by atoms with E-state index >= 15 is 0 Å². The molecule has 0 saturated carbocycles. The second-order valence-corrected chi connectivity index (χ2v) is 8.98. The first-order valence-electron chi connectivity index (χ1n) is 9.82. The third-order valence-electron chi connectivity index (χ3n) is 4.79. The first-order chi connectivity index (χ1) is 14.6. The largest absolute Gasteiger partial charge is 0.479 e. The molecule has 5 atom stereocenters. The fourth-order valence-electron chi connectivity index (χ4n) is 3.42. The van der Waals surface area contributed by atoms with Crippen molar-refractivity contribution in [3.63, 3.8) is 0 Å². The summed E-state index contributed by atoms with van der Waals surface area (Å²) in [6, 6.07) is -0.871. The molecular formula is C17H28N7O6P. The maximum atomic E-state index is 12.5. The molecule has 0 radical (unpaired) electrons. The van der Waals surface area contributed by atoms with E-state index in [0.29, 0.717) is 17.6 Å². The minimum atomic E-state index is -3.74. The van der Waals surface area contributed by atoms with Gasteiger partial charge < -0.3 is 24.5 Å². The quantitative estimate of drug-likeness (QED) is 0.359. The molecule has 5 unspecified atom stereocenters. The zero-order valence-electron chi connectivity index (χ0n) is 17.8. The highest BCUT2D eigenvalue weighted by atomic mass is 31.2. The van der Waals surface area contributed by atoms with E-state index in [1.807, 2.05) is 6.92 Å². The number of nitrogens with one attached hydrogen (secondary N) is 1. The number of imidazole rings is 1. The number of esters is 1. The number of nitrogen functional groups attached to an aromatic ring is 1. The third-order valence-corrected chi connectivity index (χ3v) is 6.07. The van der Waals surface area contributed by atoms with Crippen molar-refractivity contribution in [1.29, 1.82) is 0 Å². The highest BCUT2D eigenvalue weighted by molar-refractivity contribution is 7.54. The standard InChI is InChI=1S/C17H28N7O6P/c1-5-28-16(25)10(3)23-31(19,26)29-7-11-6-9(2)15(30-11)24-8-20-12-13(24)21-17(18)22-14(12)27-4/h8-11,15H,5-7H2,1-4H3,(H2,18,21,22)(H3,19,23,26). The van der Waals surface area contributed by atoms with Crippen LogP contribution in [-0.4, -0.2) is 58.0 Å². The van der Waals surface area contributed by atoms with E-state index in [2.05, 4.69) is 20.0 Å². The predicted molar refractivity (Wildman–Crippen MR) is 111 cm³/mol. The minimum Gasteiger partial charge on any atom is -0.479 e. The maximum Gasteiger partial charge on any atom is 0.338 e. The van der Waals surface area contributed by atoms with E-state index < -0.39 is 25.9 Å². The van der Waals surface area contributed by atoms with Gasteiger partial charge in [-0.1, -0.05) is 6.92 Å². The van der Waals surface area contributed by atoms with E-state index in [9.17, 15) is 9.36 Å². The highest BCUT2D eigenvalue weighted by Crippen LogP contribution is 2.39. The van der Waals surface area contributed by atoms with Gasteiger partial charge in [0.15, 0.2) is 11.2 Å². The first kappa shape index (κ1) is 23.4. The Morgan fingerprint density at radius 2 is 2.23 bits per heavy atom. The van der Waals surface area contributed by atoms with E-state index in [1.165, 1.54) is 14.0 Å². The number of hydrogen-bond donors (Lipinski definition) is 3. The van der Waals surface area contributed by atoms with Gasteiger partial charge in [0.2, 0.25) is 11.8 Å². The Morgan fingerprint density at radius 1 is 1.48 bits per heavy atom. The topological polar surface area (TPSA) is 179 Å². The second kappa shape index (κ2) is 9.45. The molecule has 2 aromatic rings. The Bertz CT molecular complexity index is 985. The summed E-state index contributed by atoms with van der Waals surface area (Å²) in [5.41, 5.74) is 12.4. The number of nitrogens with zero attached hydrogens (tertiary/aromatic N) is 4. The summed E-state index contributed by atoms with van der Waals surface area (Å²) in [6.07, 6.45) is 1.42. The van der Waals surface area contributed by atoms with Crippen LogP contribution < -0.4 is 21.1 Å². The third kappa shape index (κ3) is 5.31. The van der Waals surface area contributed by atoms with E-state index in [0.717, 1.165) is 0 Å². The molecule has 5 N–H and O–H groups in total. The molecule has 3 rings (SSSR count).